The van der Waals surface area contributed by atoms with Crippen LogP contribution in [0.1, 0.15) is 56.0 Å². The first kappa shape index (κ1) is 27.8. The summed E-state index contributed by atoms with van der Waals surface area (Å²) in [6.07, 6.45) is -0.0157. The number of hydrogen-bond acceptors (Lipinski definition) is 6. The summed E-state index contributed by atoms with van der Waals surface area (Å²) in [6.45, 7) is 9.78. The van der Waals surface area contributed by atoms with Gasteiger partial charge in [-0.25, -0.2) is 0 Å². The van der Waals surface area contributed by atoms with Crippen molar-refractivity contribution in [3.8, 4) is 17.2 Å². The number of rotatable bonds is 9. The number of benzene rings is 3. The van der Waals surface area contributed by atoms with E-state index in [1.165, 1.54) is 4.90 Å². The van der Waals surface area contributed by atoms with E-state index < -0.39 is 17.7 Å². The minimum absolute atomic E-state index is 0.00737. The first-order valence-corrected chi connectivity index (χ1v) is 13.0. The lowest BCUT2D eigenvalue weighted by atomic mass is 9.94. The van der Waals surface area contributed by atoms with Crippen molar-refractivity contribution in [1.29, 1.82) is 0 Å². The Morgan fingerprint density at radius 2 is 1.59 bits per heavy atom. The van der Waals surface area contributed by atoms with E-state index in [4.69, 9.17) is 14.2 Å². The van der Waals surface area contributed by atoms with Crippen molar-refractivity contribution < 1.29 is 28.9 Å². The number of ether oxygens (including phenoxy) is 3. The number of carbonyl (C=O) groups is 2. The number of Topliss-reactive ketones (excluding diaryl/α,β-unsaturated/α-hetero) is 1. The number of nitrogens with zero attached hydrogens (tertiary/aromatic N) is 1. The summed E-state index contributed by atoms with van der Waals surface area (Å²) in [7, 11) is 1.56. The van der Waals surface area contributed by atoms with Crippen molar-refractivity contribution in [2.24, 2.45) is 0 Å². The third-order valence-electron chi connectivity index (χ3n) is 6.38. The molecule has 3 aromatic carbocycles. The molecule has 1 fully saturated rings. The van der Waals surface area contributed by atoms with Crippen molar-refractivity contribution in [2.75, 3.05) is 7.11 Å². The second kappa shape index (κ2) is 11.6. The summed E-state index contributed by atoms with van der Waals surface area (Å²) in [5, 5.41) is 11.5. The normalized spacial score (nSPS) is 16.7. The minimum atomic E-state index is -0.818. The van der Waals surface area contributed by atoms with Crippen LogP contribution in [0.3, 0.4) is 0 Å². The Balaban J connectivity index is 1.81. The fourth-order valence-corrected chi connectivity index (χ4v) is 4.73. The lowest BCUT2D eigenvalue weighted by molar-refractivity contribution is -0.140. The quantitative estimate of drug-likeness (QED) is 0.202. The van der Waals surface area contributed by atoms with Gasteiger partial charge < -0.3 is 24.2 Å². The predicted molar refractivity (Wildman–Crippen MR) is 150 cm³/mol. The van der Waals surface area contributed by atoms with Gasteiger partial charge in [-0.1, -0.05) is 24.3 Å². The molecule has 7 heteroatoms. The van der Waals surface area contributed by atoms with Crippen molar-refractivity contribution in [3.05, 3.63) is 94.6 Å². The van der Waals surface area contributed by atoms with Gasteiger partial charge >= 0.3 is 0 Å². The predicted octanol–water partition coefficient (Wildman–Crippen LogP) is 6.20. The van der Waals surface area contributed by atoms with E-state index in [9.17, 15) is 14.7 Å². The van der Waals surface area contributed by atoms with E-state index in [1.54, 1.807) is 43.5 Å². The highest BCUT2D eigenvalue weighted by molar-refractivity contribution is 6.46. The van der Waals surface area contributed by atoms with E-state index in [-0.39, 0.29) is 30.1 Å². The molecule has 1 atom stereocenters. The lowest BCUT2D eigenvalue weighted by Gasteiger charge is -2.26. The molecular formula is C32H35NO6. The van der Waals surface area contributed by atoms with Gasteiger partial charge in [0.1, 0.15) is 23.0 Å². The van der Waals surface area contributed by atoms with Crippen LogP contribution in [-0.4, -0.2) is 41.0 Å². The Bertz CT molecular complexity index is 1410. The summed E-state index contributed by atoms with van der Waals surface area (Å²) in [4.78, 5) is 28.4. The molecule has 1 N–H and O–H groups in total. The molecule has 1 aliphatic rings. The molecule has 1 amide bonds. The van der Waals surface area contributed by atoms with Gasteiger partial charge in [0, 0.05) is 12.1 Å². The van der Waals surface area contributed by atoms with Gasteiger partial charge in [-0.15, -0.1) is 0 Å². The molecule has 0 radical (unpaired) electrons. The molecule has 7 nitrogen and oxygen atoms in total. The number of amides is 1. The fourth-order valence-electron chi connectivity index (χ4n) is 4.73. The molecule has 0 spiro atoms. The van der Waals surface area contributed by atoms with Crippen LogP contribution < -0.4 is 14.2 Å². The first-order valence-electron chi connectivity index (χ1n) is 13.0. The zero-order valence-electron chi connectivity index (χ0n) is 23.2. The van der Waals surface area contributed by atoms with Crippen LogP contribution in [0.25, 0.3) is 5.76 Å². The zero-order valence-corrected chi connectivity index (χ0v) is 23.2. The van der Waals surface area contributed by atoms with Gasteiger partial charge in [0.2, 0.25) is 0 Å². The number of methoxy groups -OCH3 is 1. The number of hydrogen-bond donors (Lipinski definition) is 1. The smallest absolute Gasteiger partial charge is 0.295 e. The topological polar surface area (TPSA) is 85.3 Å². The standard InChI is InChI=1S/C32H35NO6/c1-19(2)38-26-12-7-9-22(16-26)18-33-29(23-10-8-11-25(17-23)37-6)28(31(35)32(33)36)30(34)24-13-14-27(21(5)15-24)39-20(3)4/h7-17,19-20,29,34H,18H2,1-6H3/b30-28+. The lowest BCUT2D eigenvalue weighted by Crippen LogP contribution is -2.29. The highest BCUT2D eigenvalue weighted by atomic mass is 16.5. The highest BCUT2D eigenvalue weighted by Gasteiger charge is 2.46. The molecule has 1 saturated heterocycles. The number of ketones is 1. The molecule has 1 heterocycles. The molecule has 0 saturated carbocycles. The molecule has 204 valence electrons. The SMILES string of the molecule is COc1cccc(C2/C(=C(\O)c3ccc(OC(C)C)c(C)c3)C(=O)C(=O)N2Cc2cccc(OC(C)C)c2)c1. The Morgan fingerprint density at radius 3 is 2.26 bits per heavy atom. The average molecular weight is 530 g/mol. The van der Waals surface area contributed by atoms with Crippen molar-refractivity contribution in [3.63, 3.8) is 0 Å². The van der Waals surface area contributed by atoms with Crippen molar-refractivity contribution >= 4 is 17.4 Å². The van der Waals surface area contributed by atoms with E-state index in [0.717, 1.165) is 11.1 Å². The van der Waals surface area contributed by atoms with Crippen LogP contribution in [0, 0.1) is 6.92 Å². The second-order valence-corrected chi connectivity index (χ2v) is 10.2. The summed E-state index contributed by atoms with van der Waals surface area (Å²) < 4.78 is 17.1. The fraction of sp³-hybridized carbons (Fsp3) is 0.312. The van der Waals surface area contributed by atoms with Gasteiger partial charge in [-0.3, -0.25) is 9.59 Å². The number of likely N-dealkylation sites (tertiary alicyclic amines) is 1. The molecule has 39 heavy (non-hydrogen) atoms. The highest BCUT2D eigenvalue weighted by Crippen LogP contribution is 2.41. The van der Waals surface area contributed by atoms with E-state index in [0.29, 0.717) is 28.4 Å². The van der Waals surface area contributed by atoms with Crippen LogP contribution in [0.2, 0.25) is 0 Å². The number of aliphatic hydroxyl groups is 1. The summed E-state index contributed by atoms with van der Waals surface area (Å²) in [5.74, 6) is 0.286. The molecule has 1 unspecified atom stereocenters. The Kier molecular flexibility index (Phi) is 8.29. The maximum atomic E-state index is 13.5. The van der Waals surface area contributed by atoms with E-state index in [1.807, 2.05) is 65.0 Å². The minimum Gasteiger partial charge on any atom is -0.507 e. The Hall–Kier alpha value is -4.26. The van der Waals surface area contributed by atoms with E-state index >= 15 is 0 Å². The van der Waals surface area contributed by atoms with Gasteiger partial charge in [0.05, 0.1) is 30.9 Å². The Morgan fingerprint density at radius 1 is 0.897 bits per heavy atom. The number of aliphatic hydroxyl groups excluding tert-OH is 1. The van der Waals surface area contributed by atoms with Gasteiger partial charge in [0.25, 0.3) is 11.7 Å². The molecular weight excluding hydrogens is 494 g/mol. The van der Waals surface area contributed by atoms with Crippen molar-refractivity contribution in [1.82, 2.24) is 4.90 Å². The van der Waals surface area contributed by atoms with Crippen molar-refractivity contribution in [2.45, 2.75) is 59.4 Å². The van der Waals surface area contributed by atoms with Crippen LogP contribution in [0.15, 0.2) is 72.3 Å². The average Bonchev–Trinajstić information content (AvgIpc) is 3.14. The van der Waals surface area contributed by atoms with Crippen LogP contribution in [0.5, 0.6) is 17.2 Å². The molecule has 4 rings (SSSR count). The largest absolute Gasteiger partial charge is 0.507 e. The van der Waals surface area contributed by atoms with Gasteiger partial charge in [-0.2, -0.15) is 0 Å². The van der Waals surface area contributed by atoms with Gasteiger partial charge in [0.15, 0.2) is 0 Å². The molecule has 0 aliphatic carbocycles. The second-order valence-electron chi connectivity index (χ2n) is 10.2. The molecule has 0 aromatic heterocycles. The number of carbonyl (C=O) groups excluding carboxylic acids is 2. The maximum Gasteiger partial charge on any atom is 0.295 e. The van der Waals surface area contributed by atoms with Gasteiger partial charge in [-0.05, 0) is 93.8 Å². The Labute approximate surface area is 229 Å². The third kappa shape index (κ3) is 6.08. The zero-order chi connectivity index (χ0) is 28.3. The molecule has 1 aliphatic heterocycles. The summed E-state index contributed by atoms with van der Waals surface area (Å²) in [6, 6.07) is 19.0. The molecule has 0 bridgehead atoms. The summed E-state index contributed by atoms with van der Waals surface area (Å²) >= 11 is 0. The van der Waals surface area contributed by atoms with Crippen LogP contribution in [-0.2, 0) is 16.1 Å². The summed E-state index contributed by atoms with van der Waals surface area (Å²) in [5.41, 5.74) is 2.72. The van der Waals surface area contributed by atoms with Crippen LogP contribution in [0.4, 0.5) is 0 Å². The maximum absolute atomic E-state index is 13.5. The third-order valence-corrected chi connectivity index (χ3v) is 6.38. The van der Waals surface area contributed by atoms with Crippen LogP contribution >= 0.6 is 0 Å². The molecule has 3 aromatic rings. The first-order chi connectivity index (χ1) is 18.6. The van der Waals surface area contributed by atoms with E-state index in [2.05, 4.69) is 0 Å². The number of aryl methyl sites for hydroxylation is 1. The monoisotopic (exact) mass is 529 g/mol.